The minimum absolute atomic E-state index is 0.395. The largest absolute Gasteiger partial charge is 0.452 e. The van der Waals surface area contributed by atoms with Crippen molar-refractivity contribution >= 4 is 31.5 Å². The number of rotatable bonds is 5. The Morgan fingerprint density at radius 1 is 1.15 bits per heavy atom. The first-order valence-electron chi connectivity index (χ1n) is 5.50. The number of hydrogen-bond donors (Lipinski definition) is 1. The van der Waals surface area contributed by atoms with Crippen molar-refractivity contribution in [1.29, 1.82) is 0 Å². The molecule has 0 fully saturated rings. The summed E-state index contributed by atoms with van der Waals surface area (Å²) in [6.45, 7) is 0.395. The summed E-state index contributed by atoms with van der Waals surface area (Å²) in [6, 6.07) is 8.65. The highest BCUT2D eigenvalue weighted by Crippen LogP contribution is 2.21. The van der Waals surface area contributed by atoms with Crippen molar-refractivity contribution in [2.24, 2.45) is 0 Å². The third-order valence-electron chi connectivity index (χ3n) is 2.51. The van der Waals surface area contributed by atoms with Crippen LogP contribution < -0.4 is 5.32 Å². The average molecular weight is 366 g/mol. The Bertz CT molecular complexity index is 683. The molecule has 2 aromatic rings. The first-order chi connectivity index (χ1) is 9.39. The lowest BCUT2D eigenvalue weighted by Gasteiger charge is -2.06. The van der Waals surface area contributed by atoms with Crippen LogP contribution in [0.3, 0.4) is 0 Å². The number of nitrogens with one attached hydrogen (secondary N) is 1. The molecule has 20 heavy (non-hydrogen) atoms. The van der Waals surface area contributed by atoms with Gasteiger partial charge in [0, 0.05) is 5.69 Å². The fraction of sp³-hybridized carbons (Fsp3) is 0.167. The minimum atomic E-state index is -4.54. The van der Waals surface area contributed by atoms with Gasteiger partial charge in [-0.3, -0.25) is 0 Å². The molecule has 1 aromatic heterocycles. The molecule has 0 spiro atoms. The highest BCUT2D eigenvalue weighted by atomic mass is 79.9. The van der Waals surface area contributed by atoms with Gasteiger partial charge in [0.1, 0.15) is 5.76 Å². The molecular formula is C12H10BrF2NO3S. The third kappa shape index (κ3) is 3.37. The molecule has 2 rings (SSSR count). The fourth-order valence-electron chi connectivity index (χ4n) is 1.50. The van der Waals surface area contributed by atoms with Crippen LogP contribution >= 0.6 is 15.9 Å². The van der Waals surface area contributed by atoms with Crippen LogP contribution in [-0.4, -0.2) is 14.2 Å². The van der Waals surface area contributed by atoms with E-state index in [0.29, 0.717) is 22.7 Å². The standard InChI is InChI=1S/C12H10BrF2NO3S/c13-11-6-3-9(19-11)7-16-8-1-4-10(5-2-8)20(17,18)12(14)15/h1-6,12,16H,7H2. The number of anilines is 1. The molecule has 0 radical (unpaired) electrons. The van der Waals surface area contributed by atoms with Crippen molar-refractivity contribution in [2.75, 3.05) is 5.32 Å². The van der Waals surface area contributed by atoms with E-state index in [1.165, 1.54) is 12.1 Å². The molecule has 0 bridgehead atoms. The van der Waals surface area contributed by atoms with Crippen molar-refractivity contribution in [2.45, 2.75) is 17.2 Å². The van der Waals surface area contributed by atoms with E-state index in [1.54, 1.807) is 12.1 Å². The lowest BCUT2D eigenvalue weighted by atomic mass is 10.3. The van der Waals surface area contributed by atoms with Gasteiger partial charge in [-0.15, -0.1) is 0 Å². The quantitative estimate of drug-likeness (QED) is 0.878. The van der Waals surface area contributed by atoms with E-state index in [2.05, 4.69) is 21.2 Å². The van der Waals surface area contributed by atoms with Crippen LogP contribution in [0.25, 0.3) is 0 Å². The zero-order valence-corrected chi connectivity index (χ0v) is 12.4. The number of furan rings is 1. The molecule has 108 valence electrons. The fourth-order valence-corrected chi connectivity index (χ4v) is 2.56. The first kappa shape index (κ1) is 15.0. The van der Waals surface area contributed by atoms with Gasteiger partial charge in [-0.1, -0.05) is 0 Å². The van der Waals surface area contributed by atoms with Crippen LogP contribution in [0, 0.1) is 0 Å². The highest BCUT2D eigenvalue weighted by Gasteiger charge is 2.26. The molecular weight excluding hydrogens is 356 g/mol. The topological polar surface area (TPSA) is 59.3 Å². The summed E-state index contributed by atoms with van der Waals surface area (Å²) in [6.07, 6.45) is 0. The van der Waals surface area contributed by atoms with Gasteiger partial charge in [0.05, 0.1) is 11.4 Å². The normalized spacial score (nSPS) is 11.8. The predicted octanol–water partition coefficient (Wildman–Crippen LogP) is 3.65. The average Bonchev–Trinajstić information content (AvgIpc) is 2.82. The molecule has 1 aromatic carbocycles. The van der Waals surface area contributed by atoms with Crippen molar-refractivity contribution in [1.82, 2.24) is 0 Å². The van der Waals surface area contributed by atoms with Crippen LogP contribution in [0.4, 0.5) is 14.5 Å². The van der Waals surface area contributed by atoms with E-state index in [-0.39, 0.29) is 0 Å². The molecule has 4 nitrogen and oxygen atoms in total. The summed E-state index contributed by atoms with van der Waals surface area (Å²) in [5, 5.41) is 2.99. The van der Waals surface area contributed by atoms with E-state index in [1.807, 2.05) is 0 Å². The van der Waals surface area contributed by atoms with Gasteiger partial charge in [-0.25, -0.2) is 8.42 Å². The van der Waals surface area contributed by atoms with Gasteiger partial charge < -0.3 is 9.73 Å². The maximum atomic E-state index is 12.4. The van der Waals surface area contributed by atoms with Gasteiger partial charge in [0.2, 0.25) is 9.84 Å². The summed E-state index contributed by atoms with van der Waals surface area (Å²) in [7, 11) is -4.54. The van der Waals surface area contributed by atoms with Crippen LogP contribution in [0.1, 0.15) is 5.76 Å². The summed E-state index contributed by atoms with van der Waals surface area (Å²) in [5.74, 6) is -2.73. The Balaban J connectivity index is 2.05. The van der Waals surface area contributed by atoms with Gasteiger partial charge in [-0.05, 0) is 52.3 Å². The van der Waals surface area contributed by atoms with E-state index >= 15 is 0 Å². The summed E-state index contributed by atoms with van der Waals surface area (Å²) in [4.78, 5) is -0.404. The Kier molecular flexibility index (Phi) is 4.44. The number of benzene rings is 1. The first-order valence-corrected chi connectivity index (χ1v) is 7.84. The molecule has 1 N–H and O–H groups in total. The lowest BCUT2D eigenvalue weighted by Crippen LogP contribution is -2.11. The number of sulfone groups is 1. The summed E-state index contributed by atoms with van der Waals surface area (Å²) < 4.78 is 53.0. The second-order valence-electron chi connectivity index (χ2n) is 3.89. The van der Waals surface area contributed by atoms with E-state index in [4.69, 9.17) is 4.42 Å². The third-order valence-corrected chi connectivity index (χ3v) is 4.34. The second kappa shape index (κ2) is 5.92. The zero-order chi connectivity index (χ0) is 14.8. The van der Waals surface area contributed by atoms with E-state index < -0.39 is 20.5 Å². The number of alkyl halides is 2. The maximum absolute atomic E-state index is 12.4. The molecule has 0 aliphatic carbocycles. The Hall–Kier alpha value is -1.41. The SMILES string of the molecule is O=S(=O)(c1ccc(NCc2ccc(Br)o2)cc1)C(F)F. The smallest absolute Gasteiger partial charge is 0.341 e. The van der Waals surface area contributed by atoms with Crippen molar-refractivity contribution in [3.8, 4) is 0 Å². The highest BCUT2D eigenvalue weighted by molar-refractivity contribution is 9.10. The monoisotopic (exact) mass is 365 g/mol. The van der Waals surface area contributed by atoms with E-state index in [0.717, 1.165) is 12.1 Å². The molecule has 0 saturated heterocycles. The van der Waals surface area contributed by atoms with Crippen LogP contribution in [-0.2, 0) is 16.4 Å². The molecule has 0 aliphatic rings. The van der Waals surface area contributed by atoms with Crippen molar-refractivity contribution in [3.05, 3.63) is 46.8 Å². The molecule has 0 amide bonds. The molecule has 1 heterocycles. The zero-order valence-electron chi connectivity index (χ0n) is 10.0. The Labute approximate surface area is 122 Å². The van der Waals surface area contributed by atoms with Crippen molar-refractivity contribution < 1.29 is 21.6 Å². The van der Waals surface area contributed by atoms with Gasteiger partial charge in [-0.2, -0.15) is 8.78 Å². The molecule has 0 atom stereocenters. The number of halogens is 3. The molecule has 0 saturated carbocycles. The van der Waals surface area contributed by atoms with Gasteiger partial charge in [0.25, 0.3) is 0 Å². The Morgan fingerprint density at radius 3 is 2.30 bits per heavy atom. The van der Waals surface area contributed by atoms with Crippen LogP contribution in [0.2, 0.25) is 0 Å². The predicted molar refractivity (Wildman–Crippen MR) is 73.4 cm³/mol. The summed E-state index contributed by atoms with van der Waals surface area (Å²) >= 11 is 3.17. The van der Waals surface area contributed by atoms with Crippen LogP contribution in [0.15, 0.2) is 50.4 Å². The second-order valence-corrected chi connectivity index (χ2v) is 6.59. The Morgan fingerprint density at radius 2 is 1.80 bits per heavy atom. The summed E-state index contributed by atoms with van der Waals surface area (Å²) in [5.41, 5.74) is 0.603. The molecule has 0 aliphatic heterocycles. The molecule has 0 unspecified atom stereocenters. The lowest BCUT2D eigenvalue weighted by molar-refractivity contribution is 0.234. The van der Waals surface area contributed by atoms with Crippen LogP contribution in [0.5, 0.6) is 0 Å². The van der Waals surface area contributed by atoms with E-state index in [9.17, 15) is 17.2 Å². The van der Waals surface area contributed by atoms with Crippen molar-refractivity contribution in [3.63, 3.8) is 0 Å². The number of hydrogen-bond acceptors (Lipinski definition) is 4. The maximum Gasteiger partial charge on any atom is 0.341 e. The van der Waals surface area contributed by atoms with Gasteiger partial charge in [0.15, 0.2) is 4.67 Å². The minimum Gasteiger partial charge on any atom is -0.452 e. The van der Waals surface area contributed by atoms with Gasteiger partial charge >= 0.3 is 5.76 Å². The molecule has 8 heteroatoms.